The molecule has 0 aliphatic rings. The number of rotatable bonds is 5. The molecule has 0 saturated carbocycles. The molecule has 1 aromatic carbocycles. The minimum absolute atomic E-state index is 0.0779. The summed E-state index contributed by atoms with van der Waals surface area (Å²) in [4.78, 5) is 3.75. The molecule has 2 aromatic rings. The average molecular weight is 299 g/mol. The fourth-order valence-corrected chi connectivity index (χ4v) is 1.74. The van der Waals surface area contributed by atoms with Crippen molar-refractivity contribution in [3.8, 4) is 5.88 Å². The number of benzene rings is 1. The highest BCUT2D eigenvalue weighted by Gasteiger charge is 2.30. The molecule has 3 nitrogen and oxygen atoms in total. The molecule has 1 aromatic heterocycles. The van der Waals surface area contributed by atoms with Crippen molar-refractivity contribution in [1.29, 1.82) is 0 Å². The zero-order valence-corrected chi connectivity index (χ0v) is 11.3. The highest BCUT2D eigenvalue weighted by molar-refractivity contribution is 6.21. The Balaban J connectivity index is 2.21. The number of hydrogen-bond acceptors (Lipinski definition) is 3. The zero-order chi connectivity index (χ0) is 14.6. The van der Waals surface area contributed by atoms with E-state index in [1.165, 1.54) is 6.07 Å². The van der Waals surface area contributed by atoms with E-state index in [4.69, 9.17) is 22.1 Å². The van der Waals surface area contributed by atoms with Gasteiger partial charge in [0.2, 0.25) is 5.88 Å². The van der Waals surface area contributed by atoms with E-state index >= 15 is 0 Å². The van der Waals surface area contributed by atoms with E-state index in [1.54, 1.807) is 0 Å². The Morgan fingerprint density at radius 2 is 1.85 bits per heavy atom. The molecule has 1 heterocycles. The van der Waals surface area contributed by atoms with Gasteiger partial charge >= 0.3 is 5.38 Å². The van der Waals surface area contributed by atoms with Gasteiger partial charge in [-0.2, -0.15) is 8.78 Å². The van der Waals surface area contributed by atoms with Crippen molar-refractivity contribution in [2.75, 3.05) is 0 Å². The van der Waals surface area contributed by atoms with Crippen LogP contribution < -0.4 is 10.5 Å². The average Bonchev–Trinajstić information content (AvgIpc) is 2.45. The number of ether oxygens (including phenoxy) is 1. The standard InChI is InChI=1S/C14H13ClF2N2O/c15-14(16,17)12-7-6-11(8-18)13(19-12)20-9-10-4-2-1-3-5-10/h1-7H,8-9,18H2. The third-order valence-corrected chi connectivity index (χ3v) is 2.86. The van der Waals surface area contributed by atoms with E-state index in [1.807, 2.05) is 30.3 Å². The van der Waals surface area contributed by atoms with Crippen LogP contribution in [-0.4, -0.2) is 4.98 Å². The predicted molar refractivity (Wildman–Crippen MR) is 72.6 cm³/mol. The second-order valence-electron chi connectivity index (χ2n) is 4.14. The Bertz CT molecular complexity index is 573. The maximum absolute atomic E-state index is 13.0. The van der Waals surface area contributed by atoms with Crippen molar-refractivity contribution < 1.29 is 13.5 Å². The van der Waals surface area contributed by atoms with Gasteiger partial charge in [0.05, 0.1) is 0 Å². The summed E-state index contributed by atoms with van der Waals surface area (Å²) in [6, 6.07) is 11.9. The molecule has 2 rings (SSSR count). The molecular formula is C14H13ClF2N2O. The van der Waals surface area contributed by atoms with E-state index in [0.717, 1.165) is 11.6 Å². The van der Waals surface area contributed by atoms with E-state index in [0.29, 0.717) is 5.56 Å². The van der Waals surface area contributed by atoms with Crippen LogP contribution in [-0.2, 0) is 18.5 Å². The maximum atomic E-state index is 13.0. The SMILES string of the molecule is NCc1ccc(C(F)(F)Cl)nc1OCc1ccccc1. The van der Waals surface area contributed by atoms with Crippen molar-refractivity contribution in [2.45, 2.75) is 18.5 Å². The van der Waals surface area contributed by atoms with Crippen molar-refractivity contribution in [1.82, 2.24) is 4.98 Å². The lowest BCUT2D eigenvalue weighted by atomic mass is 10.2. The molecule has 0 fully saturated rings. The molecule has 20 heavy (non-hydrogen) atoms. The fourth-order valence-electron chi connectivity index (χ4n) is 1.63. The van der Waals surface area contributed by atoms with Gasteiger partial charge in [-0.1, -0.05) is 36.4 Å². The van der Waals surface area contributed by atoms with E-state index in [2.05, 4.69) is 4.98 Å². The van der Waals surface area contributed by atoms with Gasteiger partial charge < -0.3 is 10.5 Å². The molecule has 0 aliphatic heterocycles. The largest absolute Gasteiger partial charge is 0.473 e. The predicted octanol–water partition coefficient (Wildman–Crippen LogP) is 3.41. The van der Waals surface area contributed by atoms with Crippen LogP contribution in [0.15, 0.2) is 42.5 Å². The van der Waals surface area contributed by atoms with Crippen LogP contribution in [0.4, 0.5) is 8.78 Å². The second kappa shape index (κ2) is 6.15. The van der Waals surface area contributed by atoms with Gasteiger partial charge in [-0.15, -0.1) is 0 Å². The Morgan fingerprint density at radius 3 is 2.45 bits per heavy atom. The van der Waals surface area contributed by atoms with Crippen LogP contribution in [0.3, 0.4) is 0 Å². The monoisotopic (exact) mass is 298 g/mol. The number of alkyl halides is 3. The summed E-state index contributed by atoms with van der Waals surface area (Å²) in [5.74, 6) is 0.0779. The first-order chi connectivity index (χ1) is 9.50. The first-order valence-electron chi connectivity index (χ1n) is 5.94. The first-order valence-corrected chi connectivity index (χ1v) is 6.32. The molecule has 0 spiro atoms. The van der Waals surface area contributed by atoms with Crippen LogP contribution in [0.25, 0.3) is 0 Å². The number of nitrogens with zero attached hydrogens (tertiary/aromatic N) is 1. The van der Waals surface area contributed by atoms with Gasteiger partial charge in [0.25, 0.3) is 0 Å². The van der Waals surface area contributed by atoms with E-state index in [-0.39, 0.29) is 19.0 Å². The molecule has 0 atom stereocenters. The Kier molecular flexibility index (Phi) is 4.52. The number of halogens is 3. The van der Waals surface area contributed by atoms with Crippen molar-refractivity contribution >= 4 is 11.6 Å². The lowest BCUT2D eigenvalue weighted by Gasteiger charge is -2.13. The Morgan fingerprint density at radius 1 is 1.15 bits per heavy atom. The number of nitrogens with two attached hydrogens (primary N) is 1. The van der Waals surface area contributed by atoms with Crippen LogP contribution >= 0.6 is 11.6 Å². The lowest BCUT2D eigenvalue weighted by Crippen LogP contribution is -2.11. The van der Waals surface area contributed by atoms with Gasteiger partial charge in [0.15, 0.2) is 0 Å². The second-order valence-corrected chi connectivity index (χ2v) is 4.61. The number of aromatic nitrogens is 1. The highest BCUT2D eigenvalue weighted by atomic mass is 35.5. The fraction of sp³-hybridized carbons (Fsp3) is 0.214. The minimum Gasteiger partial charge on any atom is -0.473 e. The van der Waals surface area contributed by atoms with Crippen LogP contribution in [0, 0.1) is 0 Å². The molecule has 2 N–H and O–H groups in total. The molecule has 0 saturated heterocycles. The van der Waals surface area contributed by atoms with Gasteiger partial charge in [-0.25, -0.2) is 4.98 Å². The third-order valence-electron chi connectivity index (χ3n) is 2.67. The summed E-state index contributed by atoms with van der Waals surface area (Å²) in [5.41, 5.74) is 6.43. The topological polar surface area (TPSA) is 48.1 Å². The molecular weight excluding hydrogens is 286 g/mol. The molecule has 0 unspecified atom stereocenters. The van der Waals surface area contributed by atoms with Gasteiger partial charge in [-0.3, -0.25) is 0 Å². The maximum Gasteiger partial charge on any atom is 0.364 e. The van der Waals surface area contributed by atoms with Gasteiger partial charge in [0, 0.05) is 12.1 Å². The molecule has 0 radical (unpaired) electrons. The Labute approximate surface area is 120 Å². The van der Waals surface area contributed by atoms with Gasteiger partial charge in [-0.05, 0) is 23.2 Å². The van der Waals surface area contributed by atoms with Crippen molar-refractivity contribution in [2.24, 2.45) is 5.73 Å². The summed E-state index contributed by atoms with van der Waals surface area (Å²) in [7, 11) is 0. The summed E-state index contributed by atoms with van der Waals surface area (Å²) >= 11 is 4.96. The van der Waals surface area contributed by atoms with E-state index in [9.17, 15) is 8.78 Å². The summed E-state index contributed by atoms with van der Waals surface area (Å²) < 4.78 is 31.6. The summed E-state index contributed by atoms with van der Waals surface area (Å²) in [6.07, 6.45) is 0. The Hall–Kier alpha value is -1.72. The number of pyridine rings is 1. The minimum atomic E-state index is -3.53. The third kappa shape index (κ3) is 3.65. The van der Waals surface area contributed by atoms with E-state index < -0.39 is 11.1 Å². The molecule has 0 bridgehead atoms. The van der Waals surface area contributed by atoms with Crippen molar-refractivity contribution in [3.63, 3.8) is 0 Å². The smallest absolute Gasteiger partial charge is 0.364 e. The number of hydrogen-bond donors (Lipinski definition) is 1. The lowest BCUT2D eigenvalue weighted by molar-refractivity contribution is 0.0887. The molecule has 0 amide bonds. The van der Waals surface area contributed by atoms with Gasteiger partial charge in [0.1, 0.15) is 12.3 Å². The normalized spacial score (nSPS) is 11.4. The molecule has 106 valence electrons. The molecule has 0 aliphatic carbocycles. The first kappa shape index (κ1) is 14.7. The van der Waals surface area contributed by atoms with Crippen LogP contribution in [0.2, 0.25) is 0 Å². The van der Waals surface area contributed by atoms with Crippen LogP contribution in [0.1, 0.15) is 16.8 Å². The molecule has 6 heteroatoms. The van der Waals surface area contributed by atoms with Crippen molar-refractivity contribution in [3.05, 3.63) is 59.3 Å². The summed E-state index contributed by atoms with van der Waals surface area (Å²) in [6.45, 7) is 0.364. The highest BCUT2D eigenvalue weighted by Crippen LogP contribution is 2.32. The zero-order valence-electron chi connectivity index (χ0n) is 10.5. The van der Waals surface area contributed by atoms with Crippen LogP contribution in [0.5, 0.6) is 5.88 Å². The quantitative estimate of drug-likeness (QED) is 0.861. The summed E-state index contributed by atoms with van der Waals surface area (Å²) in [5, 5.41) is -3.53.